The van der Waals surface area contributed by atoms with E-state index in [1.165, 1.54) is 0 Å². The fourth-order valence-electron chi connectivity index (χ4n) is 2.39. The van der Waals surface area contributed by atoms with Crippen LogP contribution in [0.4, 0.5) is 11.8 Å². The number of hydrogen-bond acceptors (Lipinski definition) is 7. The topological polar surface area (TPSA) is 101 Å². The van der Waals surface area contributed by atoms with Crippen molar-refractivity contribution in [2.75, 3.05) is 44.0 Å². The number of ether oxygens (including phenoxy) is 1. The number of rotatable bonds is 4. The van der Waals surface area contributed by atoms with E-state index in [2.05, 4.69) is 25.3 Å². The lowest BCUT2D eigenvalue weighted by Crippen LogP contribution is -2.47. The average molecular weight is 294 g/mol. The predicted molar refractivity (Wildman–Crippen MR) is 82.0 cm³/mol. The molecule has 1 fully saturated rings. The summed E-state index contributed by atoms with van der Waals surface area (Å²) in [5, 5.41) is 0.972. The lowest BCUT2D eigenvalue weighted by atomic mass is 10.2. The van der Waals surface area contributed by atoms with Crippen LogP contribution in [0.2, 0.25) is 0 Å². The van der Waals surface area contributed by atoms with Gasteiger partial charge in [-0.05, 0) is 6.07 Å². The van der Waals surface area contributed by atoms with Crippen molar-refractivity contribution in [3.63, 3.8) is 0 Å². The Kier molecular flexibility index (Phi) is 4.94. The summed E-state index contributed by atoms with van der Waals surface area (Å²) >= 11 is 0. The molecule has 0 aliphatic carbocycles. The Morgan fingerprint density at radius 1 is 1.57 bits per heavy atom. The van der Waals surface area contributed by atoms with Gasteiger partial charge in [0.1, 0.15) is 11.5 Å². The van der Waals surface area contributed by atoms with E-state index in [9.17, 15) is 0 Å². The molecule has 1 aliphatic heterocycles. The molecule has 3 rings (SSSR count). The molecular weight excluding hydrogens is 272 g/mol. The molecule has 1 saturated heterocycles. The number of fused-ring (bicyclic) bond motifs is 1. The van der Waals surface area contributed by atoms with E-state index in [4.69, 9.17) is 15.3 Å². The van der Waals surface area contributed by atoms with Gasteiger partial charge >= 0.3 is 0 Å². The fraction of sp³-hybridized carbons (Fsp3) is 0.538. The first-order valence-corrected chi connectivity index (χ1v) is 6.51. The predicted octanol–water partition coefficient (Wildman–Crippen LogP) is 0.532. The molecule has 1 atom stereocenters. The molecule has 4 N–H and O–H groups in total. The molecule has 2 aromatic heterocycles. The van der Waals surface area contributed by atoms with Gasteiger partial charge in [0.15, 0.2) is 0 Å². The van der Waals surface area contributed by atoms with E-state index >= 15 is 0 Å². The van der Waals surface area contributed by atoms with Crippen molar-refractivity contribution in [3.05, 3.63) is 12.3 Å². The van der Waals surface area contributed by atoms with Crippen LogP contribution >= 0.6 is 0 Å². The lowest BCUT2D eigenvalue weighted by Gasteiger charge is -2.34. The first kappa shape index (κ1) is 15.5. The lowest BCUT2D eigenvalue weighted by molar-refractivity contribution is -0.000400. The first-order chi connectivity index (χ1) is 9.78. The van der Waals surface area contributed by atoms with Crippen LogP contribution in [-0.2, 0) is 9.57 Å². The van der Waals surface area contributed by atoms with Gasteiger partial charge in [-0.1, -0.05) is 7.43 Å². The van der Waals surface area contributed by atoms with Gasteiger partial charge in [-0.15, -0.1) is 0 Å². The highest BCUT2D eigenvalue weighted by molar-refractivity contribution is 5.88. The molecule has 0 saturated carbocycles. The summed E-state index contributed by atoms with van der Waals surface area (Å²) in [7, 11) is 1.59. The first-order valence-electron chi connectivity index (χ1n) is 6.51. The number of hydrogen-bond donors (Lipinski definition) is 3. The third-order valence-electron chi connectivity index (χ3n) is 3.31. The minimum absolute atomic E-state index is 0. The Labute approximate surface area is 123 Å². The van der Waals surface area contributed by atoms with Crippen LogP contribution in [0.3, 0.4) is 0 Å². The summed E-state index contributed by atoms with van der Waals surface area (Å²) < 4.78 is 5.69. The van der Waals surface area contributed by atoms with E-state index < -0.39 is 0 Å². The van der Waals surface area contributed by atoms with Crippen molar-refractivity contribution in [2.45, 2.75) is 13.5 Å². The number of aromatic nitrogens is 3. The van der Waals surface area contributed by atoms with Crippen LogP contribution in [0.15, 0.2) is 12.3 Å². The highest BCUT2D eigenvalue weighted by Gasteiger charge is 2.23. The van der Waals surface area contributed by atoms with E-state index in [0.717, 1.165) is 29.9 Å². The summed E-state index contributed by atoms with van der Waals surface area (Å²) in [5.41, 5.74) is 9.35. The SMILES string of the molecule is C.CONCC1CN(c2nc(N)nc3[nH]ccc23)CCO1. The minimum Gasteiger partial charge on any atom is -0.373 e. The average Bonchev–Trinajstić information content (AvgIpc) is 2.92. The molecule has 1 aliphatic rings. The number of H-pyrrole nitrogens is 1. The van der Waals surface area contributed by atoms with E-state index in [1.807, 2.05) is 12.3 Å². The number of morpholine rings is 1. The maximum Gasteiger partial charge on any atom is 0.223 e. The van der Waals surface area contributed by atoms with Gasteiger partial charge in [-0.25, -0.2) is 5.48 Å². The number of nitrogens with zero attached hydrogens (tertiary/aromatic N) is 3. The van der Waals surface area contributed by atoms with Crippen LogP contribution in [0.25, 0.3) is 11.0 Å². The van der Waals surface area contributed by atoms with Gasteiger partial charge in [0.25, 0.3) is 0 Å². The zero-order chi connectivity index (χ0) is 13.9. The summed E-state index contributed by atoms with van der Waals surface area (Å²) in [5.74, 6) is 1.12. The third-order valence-corrected chi connectivity index (χ3v) is 3.31. The highest BCUT2D eigenvalue weighted by atomic mass is 16.6. The Hall–Kier alpha value is -1.90. The van der Waals surface area contributed by atoms with Gasteiger partial charge in [0.2, 0.25) is 5.95 Å². The van der Waals surface area contributed by atoms with Gasteiger partial charge in [0.05, 0.1) is 25.2 Å². The van der Waals surface area contributed by atoms with Gasteiger partial charge < -0.3 is 25.2 Å². The van der Waals surface area contributed by atoms with Crippen LogP contribution < -0.4 is 16.1 Å². The van der Waals surface area contributed by atoms with Gasteiger partial charge in [-0.3, -0.25) is 0 Å². The third kappa shape index (κ3) is 3.23. The minimum atomic E-state index is 0. The molecular formula is C13H22N6O2. The Morgan fingerprint density at radius 3 is 3.24 bits per heavy atom. The normalized spacial score (nSPS) is 18.7. The van der Waals surface area contributed by atoms with Crippen molar-refractivity contribution < 1.29 is 9.57 Å². The molecule has 8 nitrogen and oxygen atoms in total. The molecule has 0 bridgehead atoms. The molecule has 21 heavy (non-hydrogen) atoms. The molecule has 2 aromatic rings. The van der Waals surface area contributed by atoms with Crippen molar-refractivity contribution in [3.8, 4) is 0 Å². The van der Waals surface area contributed by atoms with Gasteiger partial charge in [0, 0.05) is 25.8 Å². The number of nitrogens with two attached hydrogens (primary N) is 1. The van der Waals surface area contributed by atoms with Crippen molar-refractivity contribution in [1.29, 1.82) is 0 Å². The van der Waals surface area contributed by atoms with Crippen molar-refractivity contribution in [2.24, 2.45) is 0 Å². The Balaban J connectivity index is 0.00000161. The summed E-state index contributed by atoms with van der Waals surface area (Å²) in [6.07, 6.45) is 1.89. The second-order valence-electron chi connectivity index (χ2n) is 4.64. The standard InChI is InChI=1S/C12H18N6O2.CH4/c1-19-15-6-8-7-18(4-5-20-8)11-9-2-3-14-10(9)16-12(13)17-11;/h2-3,8,15H,4-7H2,1H3,(H3,13,14,16,17);1H4. The highest BCUT2D eigenvalue weighted by Crippen LogP contribution is 2.25. The Bertz CT molecular complexity index is 587. The second-order valence-corrected chi connectivity index (χ2v) is 4.64. The van der Waals surface area contributed by atoms with Crippen molar-refractivity contribution >= 4 is 22.8 Å². The maximum absolute atomic E-state index is 5.77. The number of aromatic amines is 1. The number of anilines is 2. The largest absolute Gasteiger partial charge is 0.373 e. The van der Waals surface area contributed by atoms with Crippen LogP contribution in [0.1, 0.15) is 7.43 Å². The number of nitrogen functional groups attached to an aromatic ring is 1. The molecule has 116 valence electrons. The zero-order valence-electron chi connectivity index (χ0n) is 11.3. The molecule has 0 spiro atoms. The molecule has 0 radical (unpaired) electrons. The summed E-state index contributed by atoms with van der Waals surface area (Å²) in [6.45, 7) is 2.78. The van der Waals surface area contributed by atoms with Crippen LogP contribution in [-0.4, -0.2) is 54.4 Å². The van der Waals surface area contributed by atoms with Crippen LogP contribution in [0, 0.1) is 0 Å². The second kappa shape index (κ2) is 6.70. The quantitative estimate of drug-likeness (QED) is 0.707. The summed E-state index contributed by atoms with van der Waals surface area (Å²) in [6, 6.07) is 1.96. The Morgan fingerprint density at radius 2 is 2.43 bits per heavy atom. The van der Waals surface area contributed by atoms with E-state index in [-0.39, 0.29) is 19.5 Å². The zero-order valence-corrected chi connectivity index (χ0v) is 11.3. The maximum atomic E-state index is 5.77. The molecule has 1 unspecified atom stereocenters. The monoisotopic (exact) mass is 294 g/mol. The number of nitrogens with one attached hydrogen (secondary N) is 2. The number of hydroxylamine groups is 1. The molecule has 8 heteroatoms. The summed E-state index contributed by atoms with van der Waals surface area (Å²) in [4.78, 5) is 18.7. The van der Waals surface area contributed by atoms with Crippen molar-refractivity contribution in [1.82, 2.24) is 20.4 Å². The van der Waals surface area contributed by atoms with Gasteiger partial charge in [-0.2, -0.15) is 9.97 Å². The smallest absolute Gasteiger partial charge is 0.223 e. The molecule has 3 heterocycles. The van der Waals surface area contributed by atoms with E-state index in [0.29, 0.717) is 13.2 Å². The van der Waals surface area contributed by atoms with E-state index in [1.54, 1.807) is 7.11 Å². The molecule has 0 amide bonds. The van der Waals surface area contributed by atoms with Crippen LogP contribution in [0.5, 0.6) is 0 Å². The fourth-order valence-corrected chi connectivity index (χ4v) is 2.39. The molecule has 0 aromatic carbocycles.